The van der Waals surface area contributed by atoms with Crippen molar-refractivity contribution in [3.63, 3.8) is 0 Å². The number of carbonyl (C=O) groups is 1. The molecule has 3 heteroatoms. The van der Waals surface area contributed by atoms with E-state index in [9.17, 15) is 4.79 Å². The van der Waals surface area contributed by atoms with Crippen LogP contribution in [-0.2, 0) is 17.6 Å². The van der Waals surface area contributed by atoms with E-state index in [-0.39, 0.29) is 18.7 Å². The van der Waals surface area contributed by atoms with Crippen LogP contribution in [0.4, 0.5) is 5.69 Å². The van der Waals surface area contributed by atoms with Crippen LogP contribution in [0.25, 0.3) is 0 Å². The highest BCUT2D eigenvalue weighted by atomic mass is 16.1. The van der Waals surface area contributed by atoms with E-state index in [0.717, 1.165) is 18.5 Å². The molecule has 1 aliphatic carbocycles. The Labute approximate surface area is 95.1 Å². The van der Waals surface area contributed by atoms with E-state index in [1.807, 2.05) is 18.2 Å². The normalized spacial score (nSPS) is 12.9. The Morgan fingerprint density at radius 2 is 2.19 bits per heavy atom. The van der Waals surface area contributed by atoms with Crippen molar-refractivity contribution in [1.82, 2.24) is 0 Å². The molecule has 0 saturated carbocycles. The van der Waals surface area contributed by atoms with Crippen LogP contribution in [0, 0.1) is 11.3 Å². The van der Waals surface area contributed by atoms with E-state index < -0.39 is 0 Å². The van der Waals surface area contributed by atoms with Gasteiger partial charge in [0.15, 0.2) is 0 Å². The number of hydrogen-bond acceptors (Lipinski definition) is 2. The largest absolute Gasteiger partial charge is 0.326 e. The van der Waals surface area contributed by atoms with Gasteiger partial charge in [0.05, 0.1) is 6.07 Å². The predicted molar refractivity (Wildman–Crippen MR) is 61.9 cm³/mol. The molecular weight excluding hydrogens is 200 g/mol. The highest BCUT2D eigenvalue weighted by Crippen LogP contribution is 2.24. The first kappa shape index (κ1) is 10.7. The van der Waals surface area contributed by atoms with Crippen molar-refractivity contribution in [1.29, 1.82) is 5.26 Å². The Balaban J connectivity index is 2.00. The number of anilines is 1. The molecule has 0 aromatic heterocycles. The summed E-state index contributed by atoms with van der Waals surface area (Å²) in [7, 11) is 0. The molecule has 0 heterocycles. The molecule has 0 saturated heterocycles. The molecule has 1 aromatic rings. The number of aryl methyl sites for hydroxylation is 2. The van der Waals surface area contributed by atoms with Gasteiger partial charge in [0, 0.05) is 18.5 Å². The Hall–Kier alpha value is -1.82. The third kappa shape index (κ3) is 2.40. The monoisotopic (exact) mass is 214 g/mol. The van der Waals surface area contributed by atoms with Gasteiger partial charge < -0.3 is 5.32 Å². The van der Waals surface area contributed by atoms with Crippen molar-refractivity contribution in [3.05, 3.63) is 29.3 Å². The van der Waals surface area contributed by atoms with E-state index in [1.165, 1.54) is 17.5 Å². The van der Waals surface area contributed by atoms with Crippen molar-refractivity contribution in [2.45, 2.75) is 32.1 Å². The first-order valence-corrected chi connectivity index (χ1v) is 5.58. The van der Waals surface area contributed by atoms with Gasteiger partial charge in [0.2, 0.25) is 5.91 Å². The average molecular weight is 214 g/mol. The lowest BCUT2D eigenvalue weighted by atomic mass is 10.1. The molecule has 82 valence electrons. The van der Waals surface area contributed by atoms with Gasteiger partial charge in [0.25, 0.3) is 0 Å². The fourth-order valence-corrected chi connectivity index (χ4v) is 2.04. The summed E-state index contributed by atoms with van der Waals surface area (Å²) in [5, 5.41) is 11.2. The van der Waals surface area contributed by atoms with Crippen LogP contribution in [0.1, 0.15) is 30.4 Å². The number of carbonyl (C=O) groups excluding carboxylic acids is 1. The van der Waals surface area contributed by atoms with Crippen LogP contribution >= 0.6 is 0 Å². The maximum atomic E-state index is 11.4. The minimum Gasteiger partial charge on any atom is -0.326 e. The summed E-state index contributed by atoms with van der Waals surface area (Å²) in [6, 6.07) is 8.04. The van der Waals surface area contributed by atoms with E-state index in [4.69, 9.17) is 5.26 Å². The zero-order valence-electron chi connectivity index (χ0n) is 9.12. The fourth-order valence-electron chi connectivity index (χ4n) is 2.04. The summed E-state index contributed by atoms with van der Waals surface area (Å²) in [5.41, 5.74) is 3.59. The second-order valence-corrected chi connectivity index (χ2v) is 4.04. The second kappa shape index (κ2) is 4.80. The quantitative estimate of drug-likeness (QED) is 0.840. The summed E-state index contributed by atoms with van der Waals surface area (Å²) < 4.78 is 0. The maximum Gasteiger partial charge on any atom is 0.225 e. The van der Waals surface area contributed by atoms with Gasteiger partial charge in [-0.05, 0) is 42.5 Å². The second-order valence-electron chi connectivity index (χ2n) is 4.04. The number of fused-ring (bicyclic) bond motifs is 1. The zero-order chi connectivity index (χ0) is 11.4. The molecule has 0 radical (unpaired) electrons. The maximum absolute atomic E-state index is 11.4. The van der Waals surface area contributed by atoms with Crippen LogP contribution in [0.15, 0.2) is 18.2 Å². The van der Waals surface area contributed by atoms with Gasteiger partial charge in [-0.3, -0.25) is 4.79 Å². The van der Waals surface area contributed by atoms with E-state index in [0.29, 0.717) is 0 Å². The van der Waals surface area contributed by atoms with Gasteiger partial charge >= 0.3 is 0 Å². The summed E-state index contributed by atoms with van der Waals surface area (Å²) in [6.07, 6.45) is 4.01. The summed E-state index contributed by atoms with van der Waals surface area (Å²) in [5.74, 6) is -0.0838. The molecule has 1 N–H and O–H groups in total. The van der Waals surface area contributed by atoms with Crippen LogP contribution < -0.4 is 5.32 Å². The fraction of sp³-hybridized carbons (Fsp3) is 0.385. The number of nitrogens with one attached hydrogen (secondary N) is 1. The number of amides is 1. The molecule has 0 atom stereocenters. The smallest absolute Gasteiger partial charge is 0.225 e. The molecule has 0 aliphatic heterocycles. The van der Waals surface area contributed by atoms with Crippen molar-refractivity contribution in [3.8, 4) is 6.07 Å². The third-order valence-electron chi connectivity index (χ3n) is 2.85. The summed E-state index contributed by atoms with van der Waals surface area (Å²) in [4.78, 5) is 11.4. The molecular formula is C13H14N2O. The third-order valence-corrected chi connectivity index (χ3v) is 2.85. The average Bonchev–Trinajstić information content (AvgIpc) is 2.73. The standard InChI is InChI=1S/C13H14N2O/c14-8-2-5-13(16)15-12-7-6-10-3-1-4-11(10)9-12/h6-7,9H,1-5H2,(H,15,16). The van der Waals surface area contributed by atoms with Crippen LogP contribution in [0.2, 0.25) is 0 Å². The molecule has 1 amide bonds. The van der Waals surface area contributed by atoms with Crippen molar-refractivity contribution >= 4 is 11.6 Å². The van der Waals surface area contributed by atoms with Crippen molar-refractivity contribution < 1.29 is 4.79 Å². The highest BCUT2D eigenvalue weighted by molar-refractivity contribution is 5.90. The van der Waals surface area contributed by atoms with Crippen LogP contribution in [0.3, 0.4) is 0 Å². The summed E-state index contributed by atoms with van der Waals surface area (Å²) >= 11 is 0. The SMILES string of the molecule is N#CCCC(=O)Nc1ccc2c(c1)CCC2. The molecule has 0 fully saturated rings. The van der Waals surface area contributed by atoms with Crippen LogP contribution in [0.5, 0.6) is 0 Å². The first-order chi connectivity index (χ1) is 7.79. The minimum absolute atomic E-state index is 0.0838. The number of benzene rings is 1. The molecule has 16 heavy (non-hydrogen) atoms. The van der Waals surface area contributed by atoms with Crippen molar-refractivity contribution in [2.75, 3.05) is 5.32 Å². The lowest BCUT2D eigenvalue weighted by Gasteiger charge is -2.06. The molecule has 0 spiro atoms. The minimum atomic E-state index is -0.0838. The first-order valence-electron chi connectivity index (χ1n) is 5.58. The molecule has 0 unspecified atom stereocenters. The number of nitrogens with zero attached hydrogens (tertiary/aromatic N) is 1. The predicted octanol–water partition coefficient (Wildman–Crippen LogP) is 2.42. The molecule has 0 bridgehead atoms. The highest BCUT2D eigenvalue weighted by Gasteiger charge is 2.11. The molecule has 2 rings (SSSR count). The van der Waals surface area contributed by atoms with E-state index >= 15 is 0 Å². The van der Waals surface area contributed by atoms with Gasteiger partial charge in [-0.25, -0.2) is 0 Å². The van der Waals surface area contributed by atoms with Crippen molar-refractivity contribution in [2.24, 2.45) is 0 Å². The Morgan fingerprint density at radius 1 is 1.38 bits per heavy atom. The molecule has 3 nitrogen and oxygen atoms in total. The van der Waals surface area contributed by atoms with E-state index in [2.05, 4.69) is 11.4 Å². The lowest BCUT2D eigenvalue weighted by molar-refractivity contribution is -0.116. The Bertz CT molecular complexity index is 446. The number of rotatable bonds is 3. The Kier molecular flexibility index (Phi) is 3.21. The zero-order valence-corrected chi connectivity index (χ0v) is 9.12. The lowest BCUT2D eigenvalue weighted by Crippen LogP contribution is -2.10. The number of hydrogen-bond donors (Lipinski definition) is 1. The van der Waals surface area contributed by atoms with Gasteiger partial charge in [-0.1, -0.05) is 6.07 Å². The van der Waals surface area contributed by atoms with Gasteiger partial charge in [0.1, 0.15) is 0 Å². The molecule has 1 aromatic carbocycles. The number of nitriles is 1. The van der Waals surface area contributed by atoms with E-state index in [1.54, 1.807) is 0 Å². The Morgan fingerprint density at radius 3 is 3.00 bits per heavy atom. The summed E-state index contributed by atoms with van der Waals surface area (Å²) in [6.45, 7) is 0. The van der Waals surface area contributed by atoms with Gasteiger partial charge in [-0.2, -0.15) is 5.26 Å². The van der Waals surface area contributed by atoms with Crippen LogP contribution in [-0.4, -0.2) is 5.91 Å². The topological polar surface area (TPSA) is 52.9 Å². The molecule has 1 aliphatic rings. The van der Waals surface area contributed by atoms with Gasteiger partial charge in [-0.15, -0.1) is 0 Å².